The highest BCUT2D eigenvalue weighted by Gasteiger charge is 2.36. The van der Waals surface area contributed by atoms with E-state index in [9.17, 15) is 19.5 Å². The van der Waals surface area contributed by atoms with Crippen molar-refractivity contribution in [1.29, 1.82) is 0 Å². The van der Waals surface area contributed by atoms with Gasteiger partial charge in [-0.05, 0) is 45.7 Å². The third-order valence-electron chi connectivity index (χ3n) is 6.05. The van der Waals surface area contributed by atoms with Crippen LogP contribution in [0.1, 0.15) is 53.5 Å². The first-order valence-corrected chi connectivity index (χ1v) is 10.9. The Bertz CT molecular complexity index is 1090. The minimum Gasteiger partial charge on any atom is -0.465 e. The molecule has 1 aromatic heterocycles. The summed E-state index contributed by atoms with van der Waals surface area (Å²) in [5.41, 5.74) is 3.06. The third kappa shape index (κ3) is 3.72. The average molecular weight is 440 g/mol. The molecule has 3 amide bonds. The van der Waals surface area contributed by atoms with E-state index in [1.807, 2.05) is 31.6 Å². The molecule has 0 radical (unpaired) electrons. The van der Waals surface area contributed by atoms with Gasteiger partial charge >= 0.3 is 6.09 Å². The van der Waals surface area contributed by atoms with Crippen molar-refractivity contribution in [3.63, 3.8) is 0 Å². The monoisotopic (exact) mass is 439 g/mol. The van der Waals surface area contributed by atoms with Gasteiger partial charge in [0.15, 0.2) is 0 Å². The summed E-state index contributed by atoms with van der Waals surface area (Å²) in [7, 11) is 0. The number of rotatable bonds is 4. The molecule has 1 atom stereocenters. The molecule has 1 aromatic carbocycles. The summed E-state index contributed by atoms with van der Waals surface area (Å²) in [6.45, 7) is 8.81. The molecule has 1 saturated carbocycles. The van der Waals surface area contributed by atoms with E-state index in [2.05, 4.69) is 5.10 Å². The van der Waals surface area contributed by atoms with Crippen LogP contribution < -0.4 is 14.7 Å². The molecule has 32 heavy (non-hydrogen) atoms. The lowest BCUT2D eigenvalue weighted by atomic mass is 9.99. The van der Waals surface area contributed by atoms with Gasteiger partial charge in [0.25, 0.3) is 0 Å². The van der Waals surface area contributed by atoms with Gasteiger partial charge in [-0.2, -0.15) is 5.10 Å². The number of amides is 3. The maximum Gasteiger partial charge on any atom is 0.411 e. The summed E-state index contributed by atoms with van der Waals surface area (Å²) >= 11 is 0. The minimum atomic E-state index is -1.08. The van der Waals surface area contributed by atoms with Gasteiger partial charge in [-0.3, -0.25) is 19.2 Å². The third-order valence-corrected chi connectivity index (χ3v) is 6.05. The van der Waals surface area contributed by atoms with Crippen LogP contribution in [0.3, 0.4) is 0 Å². The van der Waals surface area contributed by atoms with Crippen molar-refractivity contribution in [2.75, 3.05) is 21.2 Å². The van der Waals surface area contributed by atoms with Crippen molar-refractivity contribution in [1.82, 2.24) is 9.78 Å². The minimum absolute atomic E-state index is 0.134. The second kappa shape index (κ2) is 7.96. The quantitative estimate of drug-likeness (QED) is 0.779. The van der Waals surface area contributed by atoms with Gasteiger partial charge in [0.1, 0.15) is 0 Å². The maximum absolute atomic E-state index is 12.6. The molecular formula is C23H29N5O4. The Morgan fingerprint density at radius 2 is 1.84 bits per heavy atom. The predicted octanol–water partition coefficient (Wildman–Crippen LogP) is 3.89. The van der Waals surface area contributed by atoms with Crippen molar-refractivity contribution < 1.29 is 19.5 Å². The summed E-state index contributed by atoms with van der Waals surface area (Å²) in [5, 5.41) is 14.4. The molecule has 2 aliphatic rings. The van der Waals surface area contributed by atoms with Crippen molar-refractivity contribution in [2.24, 2.45) is 0 Å². The predicted molar refractivity (Wildman–Crippen MR) is 122 cm³/mol. The van der Waals surface area contributed by atoms with Gasteiger partial charge in [0, 0.05) is 43.8 Å². The zero-order valence-corrected chi connectivity index (χ0v) is 19.1. The highest BCUT2D eigenvalue weighted by Crippen LogP contribution is 2.45. The second-order valence-electron chi connectivity index (χ2n) is 8.91. The Morgan fingerprint density at radius 3 is 2.38 bits per heavy atom. The summed E-state index contributed by atoms with van der Waals surface area (Å²) in [6, 6.07) is 3.46. The van der Waals surface area contributed by atoms with Crippen molar-refractivity contribution in [2.45, 2.75) is 65.6 Å². The van der Waals surface area contributed by atoms with Crippen molar-refractivity contribution in [3.8, 4) is 11.1 Å². The molecule has 1 aliphatic heterocycles. The lowest BCUT2D eigenvalue weighted by Crippen LogP contribution is -2.51. The Labute approximate surface area is 187 Å². The number of carboxylic acid groups (broad SMARTS) is 1. The average Bonchev–Trinajstić information content (AvgIpc) is 3.43. The highest BCUT2D eigenvalue weighted by molar-refractivity contribution is 6.07. The number of fused-ring (bicyclic) bond motifs is 1. The number of hydrogen-bond acceptors (Lipinski definition) is 4. The molecule has 170 valence electrons. The van der Waals surface area contributed by atoms with Crippen LogP contribution in [0, 0.1) is 0 Å². The Kier molecular flexibility index (Phi) is 5.44. The summed E-state index contributed by atoms with van der Waals surface area (Å²) < 4.78 is 1.92. The number of anilines is 3. The van der Waals surface area contributed by atoms with Crippen LogP contribution in [-0.2, 0) is 9.59 Å². The molecule has 9 nitrogen and oxygen atoms in total. The second-order valence-corrected chi connectivity index (χ2v) is 8.91. The molecule has 1 N–H and O–H groups in total. The summed E-state index contributed by atoms with van der Waals surface area (Å²) in [6.07, 6.45) is 4.78. The smallest absolute Gasteiger partial charge is 0.411 e. The van der Waals surface area contributed by atoms with E-state index in [0.29, 0.717) is 28.7 Å². The molecule has 2 heterocycles. The fraction of sp³-hybridized carbons (Fsp3) is 0.478. The fourth-order valence-electron chi connectivity index (χ4n) is 4.58. The number of hydrogen-bond donors (Lipinski definition) is 1. The van der Waals surface area contributed by atoms with E-state index in [-0.39, 0.29) is 30.4 Å². The van der Waals surface area contributed by atoms with Crippen molar-refractivity contribution >= 4 is 35.0 Å². The van der Waals surface area contributed by atoms with E-state index in [0.717, 1.165) is 18.4 Å². The standard InChI is InChI=1S/C23H29N5O4/c1-13(2)27(15(4)29)20-9-22-21(25(23(31)32)11-14(3)28(22)16(5)30)8-19(20)17-10-24-26(12-17)18-6-7-18/h8-10,12-14,18H,6-7,11H2,1-5H3,(H,31,32). The lowest BCUT2D eigenvalue weighted by molar-refractivity contribution is -0.117. The number of aromatic nitrogens is 2. The molecule has 1 fully saturated rings. The zero-order chi connectivity index (χ0) is 23.3. The Hall–Kier alpha value is -3.36. The number of carbonyl (C=O) groups is 3. The molecule has 1 unspecified atom stereocenters. The van der Waals surface area contributed by atoms with E-state index in [1.165, 1.54) is 18.7 Å². The van der Waals surface area contributed by atoms with Crippen molar-refractivity contribution in [3.05, 3.63) is 24.5 Å². The number of benzene rings is 1. The first kappa shape index (κ1) is 21.9. The highest BCUT2D eigenvalue weighted by atomic mass is 16.4. The number of carbonyl (C=O) groups excluding carboxylic acids is 2. The van der Waals surface area contributed by atoms with Crippen LogP contribution in [-0.4, -0.2) is 51.4 Å². The maximum atomic E-state index is 12.6. The normalized spacial score (nSPS) is 18.0. The van der Waals surface area contributed by atoms with Crippen LogP contribution >= 0.6 is 0 Å². The van der Waals surface area contributed by atoms with Gasteiger partial charge in [-0.25, -0.2) is 4.79 Å². The van der Waals surface area contributed by atoms with Crippen LogP contribution in [0.2, 0.25) is 0 Å². The summed E-state index contributed by atoms with van der Waals surface area (Å²) in [4.78, 5) is 41.8. The molecule has 2 aromatic rings. The van der Waals surface area contributed by atoms with Gasteiger partial charge < -0.3 is 14.9 Å². The molecule has 9 heteroatoms. The SMILES string of the molecule is CC(=O)N(c1cc2c(cc1-c1cnn(C3CC3)c1)N(C(=O)O)CC(C)N2C(C)=O)C(C)C. The molecule has 4 rings (SSSR count). The molecule has 0 spiro atoms. The van der Waals surface area contributed by atoms with Crippen LogP contribution in [0.4, 0.5) is 21.9 Å². The Morgan fingerprint density at radius 1 is 1.16 bits per heavy atom. The largest absolute Gasteiger partial charge is 0.465 e. The van der Waals surface area contributed by atoms with Crippen LogP contribution in [0.15, 0.2) is 24.5 Å². The van der Waals surface area contributed by atoms with Gasteiger partial charge in [-0.1, -0.05) is 0 Å². The molecule has 0 bridgehead atoms. The summed E-state index contributed by atoms with van der Waals surface area (Å²) in [5.74, 6) is -0.313. The fourth-order valence-corrected chi connectivity index (χ4v) is 4.58. The molecule has 0 saturated heterocycles. The van der Waals surface area contributed by atoms with Crippen LogP contribution in [0.25, 0.3) is 11.1 Å². The van der Waals surface area contributed by atoms with Gasteiger partial charge in [0.05, 0.1) is 35.3 Å². The topological polar surface area (TPSA) is 99.0 Å². The van der Waals surface area contributed by atoms with E-state index < -0.39 is 6.09 Å². The number of nitrogens with zero attached hydrogens (tertiary/aromatic N) is 5. The molecule has 1 aliphatic carbocycles. The van der Waals surface area contributed by atoms with Gasteiger partial charge in [0.2, 0.25) is 11.8 Å². The lowest BCUT2D eigenvalue weighted by Gasteiger charge is -2.41. The van der Waals surface area contributed by atoms with E-state index in [4.69, 9.17) is 0 Å². The first-order chi connectivity index (χ1) is 15.1. The van der Waals surface area contributed by atoms with E-state index in [1.54, 1.807) is 28.1 Å². The van der Waals surface area contributed by atoms with Crippen LogP contribution in [0.5, 0.6) is 0 Å². The van der Waals surface area contributed by atoms with Gasteiger partial charge in [-0.15, -0.1) is 0 Å². The molecular weight excluding hydrogens is 410 g/mol. The van der Waals surface area contributed by atoms with E-state index >= 15 is 0 Å². The zero-order valence-electron chi connectivity index (χ0n) is 19.1. The Balaban J connectivity index is 1.99. The first-order valence-electron chi connectivity index (χ1n) is 10.9.